The Morgan fingerprint density at radius 1 is 1.27 bits per heavy atom. The maximum atomic E-state index is 12.4. The van der Waals surface area contributed by atoms with Gasteiger partial charge in [0, 0.05) is 23.9 Å². The Hall–Kier alpha value is -3.88. The number of H-pyrrole nitrogens is 1. The summed E-state index contributed by atoms with van der Waals surface area (Å²) >= 11 is 0. The van der Waals surface area contributed by atoms with Gasteiger partial charge in [0.05, 0.1) is 17.7 Å². The van der Waals surface area contributed by atoms with Crippen LogP contribution < -0.4 is 16.0 Å². The number of ether oxygens (including phenoxy) is 2. The number of hydrogen-bond donors (Lipinski definition) is 3. The molecule has 0 amide bonds. The predicted molar refractivity (Wildman–Crippen MR) is 110 cm³/mol. The standard InChI is InChI=1S/C19H20N6O8/c1-10-6-23(19(29)20-17(10)28)18-15(16(27)14(8-26)33-18)24-7-11(21-22-24)9-32-13-4-2-12(3-5-13)25(30)31/h2-7,14-16,18,26-27H,8-9H2,1H3,(H,20,28,29)/t14-,15-,16-,18-/m1/s1. The Morgan fingerprint density at radius 3 is 2.67 bits per heavy atom. The molecule has 0 aliphatic carbocycles. The molecule has 1 aromatic carbocycles. The van der Waals surface area contributed by atoms with Crippen molar-refractivity contribution in [1.29, 1.82) is 0 Å². The number of nitrogens with zero attached hydrogens (tertiary/aromatic N) is 5. The van der Waals surface area contributed by atoms with Crippen LogP contribution in [0.1, 0.15) is 23.5 Å². The second-order valence-corrected chi connectivity index (χ2v) is 7.44. The van der Waals surface area contributed by atoms with Crippen molar-refractivity contribution < 1.29 is 24.6 Å². The van der Waals surface area contributed by atoms with E-state index >= 15 is 0 Å². The average molecular weight is 460 g/mol. The smallest absolute Gasteiger partial charge is 0.330 e. The molecule has 14 nitrogen and oxygen atoms in total. The molecule has 0 saturated carbocycles. The zero-order valence-corrected chi connectivity index (χ0v) is 17.3. The number of aromatic amines is 1. The zero-order valence-electron chi connectivity index (χ0n) is 17.3. The molecule has 14 heteroatoms. The number of aromatic nitrogens is 5. The van der Waals surface area contributed by atoms with Crippen LogP contribution in [0.4, 0.5) is 5.69 Å². The third-order valence-corrected chi connectivity index (χ3v) is 5.23. The average Bonchev–Trinajstić information content (AvgIpc) is 3.38. The van der Waals surface area contributed by atoms with Crippen molar-refractivity contribution in [3.8, 4) is 5.75 Å². The van der Waals surface area contributed by atoms with E-state index in [0.717, 1.165) is 4.57 Å². The number of nitro benzene ring substituents is 1. The molecule has 2 aromatic heterocycles. The molecule has 33 heavy (non-hydrogen) atoms. The summed E-state index contributed by atoms with van der Waals surface area (Å²) < 4.78 is 13.7. The van der Waals surface area contributed by atoms with Crippen LogP contribution in [0.5, 0.6) is 5.75 Å². The van der Waals surface area contributed by atoms with Gasteiger partial charge in [0.1, 0.15) is 36.3 Å². The Kier molecular flexibility index (Phi) is 6.04. The quantitative estimate of drug-likeness (QED) is 0.304. The topological polar surface area (TPSA) is 188 Å². The van der Waals surface area contributed by atoms with Gasteiger partial charge in [-0.3, -0.25) is 24.5 Å². The van der Waals surface area contributed by atoms with Crippen LogP contribution in [-0.4, -0.2) is 58.5 Å². The van der Waals surface area contributed by atoms with Gasteiger partial charge in [-0.1, -0.05) is 5.21 Å². The fourth-order valence-electron chi connectivity index (χ4n) is 3.52. The first-order valence-corrected chi connectivity index (χ1v) is 9.83. The number of aliphatic hydroxyl groups excluding tert-OH is 2. The SMILES string of the molecule is Cc1cn([C@@H]2O[C@H](CO)[C@@H](O)[C@H]2n2cc(COc3ccc([N+](=O)[O-])cc3)nn2)c(=O)[nH]c1=O. The summed E-state index contributed by atoms with van der Waals surface area (Å²) in [6.45, 7) is 0.991. The molecule has 3 aromatic rings. The summed E-state index contributed by atoms with van der Waals surface area (Å²) in [4.78, 5) is 36.5. The van der Waals surface area contributed by atoms with E-state index in [1.165, 1.54) is 48.3 Å². The maximum absolute atomic E-state index is 12.4. The molecular formula is C19H20N6O8. The first-order chi connectivity index (χ1) is 15.8. The van der Waals surface area contributed by atoms with Gasteiger partial charge in [0.2, 0.25) is 0 Å². The summed E-state index contributed by atoms with van der Waals surface area (Å²) in [6, 6.07) is 4.57. The molecular weight excluding hydrogens is 440 g/mol. The number of aliphatic hydroxyl groups is 2. The van der Waals surface area contributed by atoms with Gasteiger partial charge in [-0.25, -0.2) is 9.48 Å². The van der Waals surface area contributed by atoms with Crippen molar-refractivity contribution in [2.75, 3.05) is 6.61 Å². The number of aryl methyl sites for hydroxylation is 1. The van der Waals surface area contributed by atoms with E-state index in [2.05, 4.69) is 15.3 Å². The molecule has 1 aliphatic heterocycles. The molecule has 0 spiro atoms. The van der Waals surface area contributed by atoms with Crippen molar-refractivity contribution in [3.63, 3.8) is 0 Å². The number of benzene rings is 1. The van der Waals surface area contributed by atoms with Crippen molar-refractivity contribution in [2.24, 2.45) is 0 Å². The van der Waals surface area contributed by atoms with E-state index in [9.17, 15) is 29.9 Å². The molecule has 0 unspecified atom stereocenters. The van der Waals surface area contributed by atoms with E-state index in [1.54, 1.807) is 0 Å². The summed E-state index contributed by atoms with van der Waals surface area (Å²) in [5, 5.41) is 39.0. The number of nitro groups is 1. The lowest BCUT2D eigenvalue weighted by molar-refractivity contribution is -0.384. The van der Waals surface area contributed by atoms with Gasteiger partial charge >= 0.3 is 5.69 Å². The van der Waals surface area contributed by atoms with E-state index in [4.69, 9.17) is 9.47 Å². The summed E-state index contributed by atoms with van der Waals surface area (Å²) in [6.07, 6.45) is -0.516. The fraction of sp³-hybridized carbons (Fsp3) is 0.368. The highest BCUT2D eigenvalue weighted by molar-refractivity contribution is 5.36. The normalized spacial score (nSPS) is 22.4. The van der Waals surface area contributed by atoms with Crippen molar-refractivity contribution >= 4 is 5.69 Å². The molecule has 3 N–H and O–H groups in total. The van der Waals surface area contributed by atoms with Crippen LogP contribution >= 0.6 is 0 Å². The highest BCUT2D eigenvalue weighted by Crippen LogP contribution is 2.37. The highest BCUT2D eigenvalue weighted by atomic mass is 16.6. The van der Waals surface area contributed by atoms with Gasteiger partial charge in [-0.2, -0.15) is 0 Å². The predicted octanol–water partition coefficient (Wildman–Crippen LogP) is -0.584. The minimum absolute atomic E-state index is 0.0205. The molecule has 0 bridgehead atoms. The molecule has 174 valence electrons. The van der Waals surface area contributed by atoms with E-state index < -0.39 is 47.3 Å². The van der Waals surface area contributed by atoms with Crippen LogP contribution in [-0.2, 0) is 11.3 Å². The fourth-order valence-corrected chi connectivity index (χ4v) is 3.52. The van der Waals surface area contributed by atoms with E-state index in [-0.39, 0.29) is 17.9 Å². The van der Waals surface area contributed by atoms with Crippen molar-refractivity contribution in [1.82, 2.24) is 24.5 Å². The van der Waals surface area contributed by atoms with Gasteiger partial charge in [-0.15, -0.1) is 5.10 Å². The van der Waals surface area contributed by atoms with Gasteiger partial charge in [-0.05, 0) is 19.1 Å². The van der Waals surface area contributed by atoms with Crippen LogP contribution in [0.15, 0.2) is 46.2 Å². The van der Waals surface area contributed by atoms with Gasteiger partial charge < -0.3 is 19.7 Å². The van der Waals surface area contributed by atoms with Gasteiger partial charge in [0.25, 0.3) is 11.2 Å². The molecule has 4 atom stereocenters. The Bertz CT molecular complexity index is 1270. The lowest BCUT2D eigenvalue weighted by Gasteiger charge is -2.21. The minimum atomic E-state index is -1.23. The second-order valence-electron chi connectivity index (χ2n) is 7.44. The van der Waals surface area contributed by atoms with Crippen LogP contribution in [0.25, 0.3) is 0 Å². The monoisotopic (exact) mass is 460 g/mol. The molecule has 4 rings (SSSR count). The number of non-ortho nitro benzene ring substituents is 1. The van der Waals surface area contributed by atoms with Crippen LogP contribution in [0.2, 0.25) is 0 Å². The molecule has 1 saturated heterocycles. The second kappa shape index (κ2) is 8.93. The molecule has 3 heterocycles. The van der Waals surface area contributed by atoms with E-state index in [1.807, 2.05) is 0 Å². The minimum Gasteiger partial charge on any atom is -0.487 e. The molecule has 1 fully saturated rings. The summed E-state index contributed by atoms with van der Waals surface area (Å²) in [7, 11) is 0. The lowest BCUT2D eigenvalue weighted by atomic mass is 10.1. The number of nitrogens with one attached hydrogen (secondary N) is 1. The summed E-state index contributed by atoms with van der Waals surface area (Å²) in [5.41, 5.74) is -0.725. The zero-order chi connectivity index (χ0) is 23.7. The van der Waals surface area contributed by atoms with E-state index in [0.29, 0.717) is 11.4 Å². The van der Waals surface area contributed by atoms with Crippen molar-refractivity contribution in [3.05, 3.63) is 78.9 Å². The first kappa shape index (κ1) is 22.3. The Balaban J connectivity index is 1.56. The molecule has 0 radical (unpaired) electrons. The van der Waals surface area contributed by atoms with Crippen LogP contribution in [0, 0.1) is 17.0 Å². The molecule has 1 aliphatic rings. The maximum Gasteiger partial charge on any atom is 0.330 e. The first-order valence-electron chi connectivity index (χ1n) is 9.83. The van der Waals surface area contributed by atoms with Gasteiger partial charge in [0.15, 0.2) is 6.23 Å². The third kappa shape index (κ3) is 4.39. The summed E-state index contributed by atoms with van der Waals surface area (Å²) in [5.74, 6) is 0.382. The van der Waals surface area contributed by atoms with Crippen molar-refractivity contribution in [2.45, 2.75) is 38.0 Å². The number of hydrogen-bond acceptors (Lipinski definition) is 10. The number of rotatable bonds is 7. The Labute approximate surface area is 184 Å². The third-order valence-electron chi connectivity index (χ3n) is 5.23. The highest BCUT2D eigenvalue weighted by Gasteiger charge is 2.46. The largest absolute Gasteiger partial charge is 0.487 e. The lowest BCUT2D eigenvalue weighted by Crippen LogP contribution is -2.37. The Morgan fingerprint density at radius 2 is 2.00 bits per heavy atom. The van der Waals surface area contributed by atoms with Crippen LogP contribution in [0.3, 0.4) is 0 Å².